The Morgan fingerprint density at radius 3 is 0.700 bits per heavy atom. The van der Waals surface area contributed by atoms with Crippen molar-refractivity contribution in [2.75, 3.05) is 68.6 Å². The molecule has 0 fully saturated rings. The lowest BCUT2D eigenvalue weighted by molar-refractivity contribution is 0.358. The molecule has 5 rings (SSSR count). The smallest absolute Gasteiger partial charge is 0.125 e. The summed E-state index contributed by atoms with van der Waals surface area (Å²) >= 11 is 42.0. The molecule has 0 bridgehead atoms. The van der Waals surface area contributed by atoms with Gasteiger partial charge in [0.25, 0.3) is 0 Å². The van der Waals surface area contributed by atoms with E-state index in [2.05, 4.69) is 163 Å². The minimum absolute atomic E-state index is 0.218. The Kier molecular flexibility index (Phi) is 46.6. The van der Waals surface area contributed by atoms with Crippen molar-refractivity contribution in [3.8, 4) is 57.5 Å². The first-order chi connectivity index (χ1) is 43.0. The zero-order valence-corrected chi connectivity index (χ0v) is 67.2. The van der Waals surface area contributed by atoms with Crippen molar-refractivity contribution in [1.29, 1.82) is 0 Å². The van der Waals surface area contributed by atoms with Gasteiger partial charge in [0.1, 0.15) is 99.5 Å². The summed E-state index contributed by atoms with van der Waals surface area (Å²) in [6.07, 6.45) is 18.6. The normalized spacial score (nSPS) is 10.1. The van der Waals surface area contributed by atoms with Crippen LogP contribution in [0.2, 0.25) is 0 Å². The summed E-state index contributed by atoms with van der Waals surface area (Å²) in [5, 5.41) is 0. The molecule has 0 aliphatic heterocycles. The van der Waals surface area contributed by atoms with Crippen LogP contribution in [0, 0.1) is 13.8 Å². The molecule has 0 atom stereocenters. The van der Waals surface area contributed by atoms with Crippen LogP contribution >= 0.6 is 142 Å². The highest BCUT2D eigenvalue weighted by Crippen LogP contribution is 2.35. The Labute approximate surface area is 608 Å². The number of aryl methyl sites for hydroxylation is 10. The molecule has 0 unspecified atom stereocenters. The molecule has 90 heavy (non-hydrogen) atoms. The van der Waals surface area contributed by atoms with E-state index in [9.17, 15) is 0 Å². The number of methoxy groups -OCH3 is 5. The molecule has 0 saturated heterocycles. The quantitative estimate of drug-likeness (QED) is 0.0443. The highest BCUT2D eigenvalue weighted by atomic mass is 79.9. The minimum atomic E-state index is 0.218. The van der Waals surface area contributed by atoms with E-state index in [0.29, 0.717) is 33.0 Å². The fourth-order valence-electron chi connectivity index (χ4n) is 9.08. The van der Waals surface area contributed by atoms with Crippen LogP contribution in [0.3, 0.4) is 0 Å². The zero-order valence-electron chi connectivity index (χ0n) is 54.6. The average Bonchev–Trinajstić information content (AvgIpc) is 1.56. The molecule has 5 aromatic carbocycles. The van der Waals surface area contributed by atoms with E-state index in [0.717, 1.165) is 160 Å². The van der Waals surface area contributed by atoms with Crippen LogP contribution < -0.4 is 47.4 Å². The summed E-state index contributed by atoms with van der Waals surface area (Å²) in [7, 11) is 8.55. The fraction of sp³-hybridized carbons (Fsp3) is 0.429. The molecule has 500 valence electrons. The summed E-state index contributed by atoms with van der Waals surface area (Å²) in [5.41, 5.74) is 11.6. The Morgan fingerprint density at radius 2 is 0.511 bits per heavy atom. The van der Waals surface area contributed by atoms with Crippen molar-refractivity contribution >= 4 is 142 Å². The SMILES string of the molecule is CCCc1cc(OCC=C(Br)Br)cc(CC)c1OC.CCCc1cc(OCC=C(Cl)Cl)cc(CC)c1OC.CCc1cc(OCC=C(Br)Br)cc(CC)c1OC.CCc1cc(OCC=C(Cl)Cl)cc(CC)c1OC.COc1c(C)cc(OCC=C(Br)Br)cc1C. The van der Waals surface area contributed by atoms with Gasteiger partial charge >= 0.3 is 0 Å². The van der Waals surface area contributed by atoms with E-state index in [1.54, 1.807) is 47.7 Å². The second-order valence-corrected chi connectivity index (χ2v) is 29.7. The number of ether oxygens (including phenoxy) is 10. The Bertz CT molecular complexity index is 2840. The molecule has 0 heterocycles. The van der Waals surface area contributed by atoms with Crippen molar-refractivity contribution < 1.29 is 47.4 Å². The van der Waals surface area contributed by atoms with Gasteiger partial charge in [0.15, 0.2) is 0 Å². The molecule has 0 aliphatic rings. The molecule has 5 aromatic rings. The third-order valence-corrected chi connectivity index (χ3v) is 15.6. The van der Waals surface area contributed by atoms with Crippen molar-refractivity contribution in [2.24, 2.45) is 0 Å². The molecule has 20 heteroatoms. The maximum atomic E-state index is 5.75. The lowest BCUT2D eigenvalue weighted by Gasteiger charge is -2.15. The van der Waals surface area contributed by atoms with Gasteiger partial charge in [0.2, 0.25) is 0 Å². The van der Waals surface area contributed by atoms with E-state index < -0.39 is 0 Å². The minimum Gasteiger partial charge on any atom is -0.496 e. The second kappa shape index (κ2) is 49.4. The summed E-state index contributed by atoms with van der Waals surface area (Å²) in [4.78, 5) is 0. The van der Waals surface area contributed by atoms with E-state index in [1.165, 1.54) is 27.8 Å². The highest BCUT2D eigenvalue weighted by Gasteiger charge is 2.15. The van der Waals surface area contributed by atoms with Crippen LogP contribution in [0.15, 0.2) is 110 Å². The van der Waals surface area contributed by atoms with Crippen LogP contribution in [0.5, 0.6) is 57.5 Å². The summed E-state index contributed by atoms with van der Waals surface area (Å²) in [6.45, 7) is 23.3. The number of benzene rings is 5. The average molecular weight is 1710 g/mol. The predicted molar refractivity (Wildman–Crippen MR) is 404 cm³/mol. The largest absolute Gasteiger partial charge is 0.496 e. The zero-order chi connectivity index (χ0) is 67.7. The van der Waals surface area contributed by atoms with Gasteiger partial charge in [-0.3, -0.25) is 0 Å². The predicted octanol–water partition coefficient (Wildman–Crippen LogP) is 23.8. The number of rotatable bonds is 30. The van der Waals surface area contributed by atoms with Gasteiger partial charge in [-0.1, -0.05) is 115 Å². The lowest BCUT2D eigenvalue weighted by atomic mass is 10.0. The van der Waals surface area contributed by atoms with E-state index in [4.69, 9.17) is 93.8 Å². The Hall–Kier alpha value is -3.16. The molecule has 10 nitrogen and oxygen atoms in total. The first-order valence-electron chi connectivity index (χ1n) is 29.7. The highest BCUT2D eigenvalue weighted by molar-refractivity contribution is 9.29. The maximum Gasteiger partial charge on any atom is 0.125 e. The van der Waals surface area contributed by atoms with Gasteiger partial charge in [-0.15, -0.1) is 0 Å². The van der Waals surface area contributed by atoms with Crippen molar-refractivity contribution in [2.45, 2.75) is 133 Å². The molecule has 0 aromatic heterocycles. The second-order valence-electron chi connectivity index (χ2n) is 19.3. The monoisotopic (exact) mass is 1700 g/mol. The maximum absolute atomic E-state index is 5.75. The van der Waals surface area contributed by atoms with E-state index in [-0.39, 0.29) is 8.98 Å². The molecule has 0 spiro atoms. The Morgan fingerprint density at radius 1 is 0.311 bits per heavy atom. The van der Waals surface area contributed by atoms with Gasteiger partial charge in [-0.25, -0.2) is 0 Å². The Balaban J connectivity index is 0.000000563. The van der Waals surface area contributed by atoms with Gasteiger partial charge in [-0.05, 0) is 307 Å². The molecule has 0 amide bonds. The van der Waals surface area contributed by atoms with Crippen molar-refractivity contribution in [3.05, 3.63) is 166 Å². The van der Waals surface area contributed by atoms with Crippen LogP contribution in [0.25, 0.3) is 0 Å². The van der Waals surface area contributed by atoms with Gasteiger partial charge < -0.3 is 47.4 Å². The van der Waals surface area contributed by atoms with Crippen molar-refractivity contribution in [3.63, 3.8) is 0 Å². The van der Waals surface area contributed by atoms with Crippen LogP contribution in [-0.2, 0) is 51.4 Å². The summed E-state index contributed by atoms with van der Waals surface area (Å²) < 4.78 is 58.7. The van der Waals surface area contributed by atoms with Gasteiger partial charge in [0.05, 0.1) is 45.7 Å². The first kappa shape index (κ1) is 84.9. The van der Waals surface area contributed by atoms with E-state index in [1.807, 2.05) is 80.6 Å². The number of hydrogen-bond donors (Lipinski definition) is 0. The van der Waals surface area contributed by atoms with Crippen LogP contribution in [-0.4, -0.2) is 68.6 Å². The topological polar surface area (TPSA) is 92.3 Å². The summed E-state index contributed by atoms with van der Waals surface area (Å²) in [6, 6.07) is 20.2. The first-order valence-corrected chi connectivity index (χ1v) is 35.9. The van der Waals surface area contributed by atoms with Crippen LogP contribution in [0.1, 0.15) is 124 Å². The summed E-state index contributed by atoms with van der Waals surface area (Å²) in [5.74, 6) is 9.14. The van der Waals surface area contributed by atoms with Crippen molar-refractivity contribution in [1.82, 2.24) is 0 Å². The molecule has 0 saturated carbocycles. The lowest BCUT2D eigenvalue weighted by Crippen LogP contribution is -2.00. The molecular formula is C70H90Br6Cl4O10. The molecular weight excluding hydrogens is 1620 g/mol. The third-order valence-electron chi connectivity index (χ3n) is 13.1. The van der Waals surface area contributed by atoms with Crippen LogP contribution in [0.4, 0.5) is 0 Å². The molecule has 0 aliphatic carbocycles. The van der Waals surface area contributed by atoms with E-state index >= 15 is 0 Å². The van der Waals surface area contributed by atoms with Gasteiger partial charge in [0, 0.05) is 0 Å². The number of hydrogen-bond acceptors (Lipinski definition) is 10. The van der Waals surface area contributed by atoms with Gasteiger partial charge in [-0.2, -0.15) is 0 Å². The standard InChI is InChI=1S/C15H20Br2O2.C15H20Cl2O2.C14H18Br2O2.C14H18Cl2O2.C12H14Br2O2/c2*1-4-6-12-10-13(19-8-7-14(16)17)9-11(5-2)15(12)18-3;2*1-4-10-8-12(18-7-6-13(15)16)9-11(5-2)14(10)17-3;1-8-6-10(16-5-4-11(13)14)7-9(2)12(8)15-3/h2*7,9-10H,4-6,8H2,1-3H3;2*6,8-9H,4-5,7H2,1-3H3;4,6-7H,5H2,1-3H3. The molecule has 0 radical (unpaired) electrons. The third kappa shape index (κ3) is 32.8. The fourth-order valence-corrected chi connectivity index (χ4v) is 10.1. The molecule has 0 N–H and O–H groups in total. The number of halogens is 10.